The molecule has 0 radical (unpaired) electrons. The van der Waals surface area contributed by atoms with Gasteiger partial charge in [-0.3, -0.25) is 0 Å². The Morgan fingerprint density at radius 2 is 2.00 bits per heavy atom. The topological polar surface area (TPSA) is 69.0 Å². The van der Waals surface area contributed by atoms with Crippen LogP contribution in [0, 0.1) is 17.8 Å². The van der Waals surface area contributed by atoms with E-state index in [-0.39, 0.29) is 11.8 Å². The zero-order chi connectivity index (χ0) is 12.7. The van der Waals surface area contributed by atoms with Crippen LogP contribution in [0.5, 0.6) is 0 Å². The van der Waals surface area contributed by atoms with Gasteiger partial charge >= 0.3 is 6.18 Å². The first-order valence-corrected chi connectivity index (χ1v) is 5.71. The number of aliphatic hydroxyl groups is 1. The molecule has 0 amide bonds. The summed E-state index contributed by atoms with van der Waals surface area (Å²) in [4.78, 5) is 2.13. The molecule has 2 aliphatic carbocycles. The maximum absolute atomic E-state index is 12.7. The molecule has 0 aromatic carbocycles. The van der Waals surface area contributed by atoms with E-state index < -0.39 is 18.3 Å². The second-order valence-corrected chi connectivity index (χ2v) is 5.14. The number of hydrogen-bond acceptors (Lipinski definition) is 2. The van der Waals surface area contributed by atoms with Gasteiger partial charge in [0.05, 0.1) is 0 Å². The zero-order valence-electron chi connectivity index (χ0n) is 9.19. The van der Waals surface area contributed by atoms with Crippen molar-refractivity contribution in [1.29, 1.82) is 0 Å². The third kappa shape index (κ3) is 2.21. The first kappa shape index (κ1) is 12.5. The SMILES string of the molecule is [N-]=[N+]=NC(O)(CC1CC2CCC1C2)C(F)(F)F. The number of alkyl halides is 3. The molecular weight excluding hydrogens is 235 g/mol. The summed E-state index contributed by atoms with van der Waals surface area (Å²) in [6.45, 7) is 0. The molecule has 2 bridgehead atoms. The number of rotatable bonds is 3. The van der Waals surface area contributed by atoms with E-state index in [0.717, 1.165) is 19.3 Å². The minimum atomic E-state index is -4.90. The highest BCUT2D eigenvalue weighted by Crippen LogP contribution is 2.52. The molecule has 1 N–H and O–H groups in total. The monoisotopic (exact) mass is 249 g/mol. The smallest absolute Gasteiger partial charge is 0.376 e. The van der Waals surface area contributed by atoms with Crippen molar-refractivity contribution < 1.29 is 18.3 Å². The van der Waals surface area contributed by atoms with E-state index >= 15 is 0 Å². The van der Waals surface area contributed by atoms with Gasteiger partial charge < -0.3 is 5.11 Å². The Labute approximate surface area is 96.4 Å². The van der Waals surface area contributed by atoms with Gasteiger partial charge in [-0.05, 0) is 54.1 Å². The first-order chi connectivity index (χ1) is 7.86. The summed E-state index contributed by atoms with van der Waals surface area (Å²) in [5.74, 6) is 0.571. The fraction of sp³-hybridized carbons (Fsp3) is 1.00. The summed E-state index contributed by atoms with van der Waals surface area (Å²) in [6.07, 6.45) is -1.73. The Bertz CT molecular complexity index is 353. The highest BCUT2D eigenvalue weighted by Gasteiger charge is 2.56. The molecule has 4 unspecified atom stereocenters. The summed E-state index contributed by atoms with van der Waals surface area (Å²) in [7, 11) is 0. The van der Waals surface area contributed by atoms with Crippen molar-refractivity contribution in [2.24, 2.45) is 22.9 Å². The largest absolute Gasteiger partial charge is 0.423 e. The van der Waals surface area contributed by atoms with Gasteiger partial charge in [0.2, 0.25) is 5.72 Å². The lowest BCUT2D eigenvalue weighted by Gasteiger charge is -2.31. The van der Waals surface area contributed by atoms with Gasteiger partial charge in [-0.1, -0.05) is 6.42 Å². The molecule has 0 saturated heterocycles. The van der Waals surface area contributed by atoms with Crippen LogP contribution >= 0.6 is 0 Å². The molecule has 0 spiro atoms. The maximum atomic E-state index is 12.7. The lowest BCUT2D eigenvalue weighted by molar-refractivity contribution is -0.264. The average Bonchev–Trinajstić information content (AvgIpc) is 2.77. The molecule has 2 aliphatic rings. The molecule has 17 heavy (non-hydrogen) atoms. The van der Waals surface area contributed by atoms with Gasteiger partial charge in [0.1, 0.15) is 0 Å². The molecule has 2 rings (SSSR count). The van der Waals surface area contributed by atoms with Crippen LogP contribution < -0.4 is 0 Å². The number of nitrogens with zero attached hydrogens (tertiary/aromatic N) is 3. The van der Waals surface area contributed by atoms with E-state index in [2.05, 4.69) is 10.0 Å². The Kier molecular flexibility index (Phi) is 2.99. The Morgan fingerprint density at radius 3 is 2.41 bits per heavy atom. The van der Waals surface area contributed by atoms with Crippen LogP contribution in [0.2, 0.25) is 0 Å². The third-order valence-electron chi connectivity index (χ3n) is 4.10. The van der Waals surface area contributed by atoms with Crippen molar-refractivity contribution in [2.75, 3.05) is 0 Å². The fourth-order valence-electron chi connectivity index (χ4n) is 3.28. The molecule has 4 atom stereocenters. The van der Waals surface area contributed by atoms with Crippen LogP contribution in [0.25, 0.3) is 10.4 Å². The summed E-state index contributed by atoms with van der Waals surface area (Å²) in [5, 5.41) is 12.1. The molecule has 7 heteroatoms. The average molecular weight is 249 g/mol. The minimum Gasteiger partial charge on any atom is -0.376 e. The molecule has 0 aromatic heterocycles. The van der Waals surface area contributed by atoms with E-state index in [0.29, 0.717) is 12.3 Å². The van der Waals surface area contributed by atoms with Crippen molar-refractivity contribution in [2.45, 2.75) is 44.0 Å². The Balaban J connectivity index is 2.11. The highest BCUT2D eigenvalue weighted by atomic mass is 19.4. The van der Waals surface area contributed by atoms with Crippen LogP contribution in [0.3, 0.4) is 0 Å². The predicted octanol–water partition coefficient (Wildman–Crippen LogP) is 3.37. The van der Waals surface area contributed by atoms with Crippen LogP contribution in [0.15, 0.2) is 5.11 Å². The van der Waals surface area contributed by atoms with Crippen molar-refractivity contribution in [3.05, 3.63) is 10.4 Å². The maximum Gasteiger partial charge on any atom is 0.423 e. The molecule has 0 heterocycles. The molecule has 2 saturated carbocycles. The summed E-state index contributed by atoms with van der Waals surface area (Å²) < 4.78 is 38.0. The van der Waals surface area contributed by atoms with Gasteiger partial charge in [-0.2, -0.15) is 13.2 Å². The number of azide groups is 1. The molecule has 96 valence electrons. The van der Waals surface area contributed by atoms with Crippen molar-refractivity contribution >= 4 is 0 Å². The first-order valence-electron chi connectivity index (χ1n) is 5.71. The second kappa shape index (κ2) is 4.07. The van der Waals surface area contributed by atoms with Gasteiger partial charge in [0.25, 0.3) is 0 Å². The Hall–Kier alpha value is -0.940. The van der Waals surface area contributed by atoms with Crippen LogP contribution in [0.1, 0.15) is 32.1 Å². The second-order valence-electron chi connectivity index (χ2n) is 5.14. The van der Waals surface area contributed by atoms with Gasteiger partial charge in [0, 0.05) is 4.91 Å². The summed E-state index contributed by atoms with van der Waals surface area (Å²) in [5.41, 5.74) is 4.93. The zero-order valence-corrected chi connectivity index (χ0v) is 9.19. The number of fused-ring (bicyclic) bond motifs is 2. The van der Waals surface area contributed by atoms with Gasteiger partial charge in [-0.15, -0.1) is 0 Å². The standard InChI is InChI=1S/C10H14F3N3O/c11-10(12,13)9(17,15-16-14)5-8-4-6-1-2-7(8)3-6/h6-8,17H,1-5H2. The molecule has 4 nitrogen and oxygen atoms in total. The lowest BCUT2D eigenvalue weighted by Crippen LogP contribution is -2.45. The van der Waals surface area contributed by atoms with E-state index in [9.17, 15) is 18.3 Å². The van der Waals surface area contributed by atoms with E-state index in [1.165, 1.54) is 0 Å². The third-order valence-corrected chi connectivity index (χ3v) is 4.10. The quantitative estimate of drug-likeness (QED) is 0.465. The minimum absolute atomic E-state index is 0.175. The van der Waals surface area contributed by atoms with Crippen molar-refractivity contribution in [3.8, 4) is 0 Å². The highest BCUT2D eigenvalue weighted by molar-refractivity contribution is 4.95. The van der Waals surface area contributed by atoms with Gasteiger partial charge in [0.15, 0.2) is 0 Å². The van der Waals surface area contributed by atoms with Crippen molar-refractivity contribution in [1.82, 2.24) is 0 Å². The van der Waals surface area contributed by atoms with Gasteiger partial charge in [-0.25, -0.2) is 0 Å². The Morgan fingerprint density at radius 1 is 1.29 bits per heavy atom. The van der Waals surface area contributed by atoms with Crippen molar-refractivity contribution in [3.63, 3.8) is 0 Å². The molecule has 0 aliphatic heterocycles. The molecule has 2 fully saturated rings. The number of hydrogen-bond donors (Lipinski definition) is 1. The van der Waals surface area contributed by atoms with E-state index in [4.69, 9.17) is 5.53 Å². The molecular formula is C10H14F3N3O. The summed E-state index contributed by atoms with van der Waals surface area (Å²) >= 11 is 0. The van der Waals surface area contributed by atoms with Crippen LogP contribution in [0.4, 0.5) is 13.2 Å². The summed E-state index contributed by atoms with van der Waals surface area (Å²) in [6, 6.07) is 0. The lowest BCUT2D eigenvalue weighted by atomic mass is 9.83. The molecule has 0 aromatic rings. The fourth-order valence-corrected chi connectivity index (χ4v) is 3.28. The van der Waals surface area contributed by atoms with Crippen LogP contribution in [-0.4, -0.2) is 17.0 Å². The normalized spacial score (nSPS) is 35.4. The number of halogens is 3. The van der Waals surface area contributed by atoms with Crippen LogP contribution in [-0.2, 0) is 0 Å². The predicted molar refractivity (Wildman–Crippen MR) is 53.7 cm³/mol. The van der Waals surface area contributed by atoms with E-state index in [1.807, 2.05) is 0 Å². The van der Waals surface area contributed by atoms with E-state index in [1.54, 1.807) is 0 Å².